The van der Waals surface area contributed by atoms with Crippen LogP contribution in [-0.4, -0.2) is 52.4 Å². The molecule has 1 fully saturated rings. The highest BCUT2D eigenvalue weighted by atomic mass is 32.2. The number of nitrogens with zero attached hydrogens (tertiary/aromatic N) is 2. The molecule has 116 valence electrons. The Hall–Kier alpha value is -1.37. The highest BCUT2D eigenvalue weighted by molar-refractivity contribution is 8.00. The first-order valence-electron chi connectivity index (χ1n) is 6.78. The first-order valence-corrected chi connectivity index (χ1v) is 7.72. The number of halogens is 2. The summed E-state index contributed by atoms with van der Waals surface area (Å²) < 4.78 is 29.1. The lowest BCUT2D eigenvalue weighted by atomic mass is 10.2. The van der Waals surface area contributed by atoms with Crippen molar-refractivity contribution in [1.82, 2.24) is 9.88 Å². The van der Waals surface area contributed by atoms with Crippen LogP contribution < -0.4 is 4.74 Å². The van der Waals surface area contributed by atoms with Gasteiger partial charge in [-0.2, -0.15) is 11.8 Å². The van der Waals surface area contributed by atoms with Crippen molar-refractivity contribution in [1.29, 1.82) is 0 Å². The SMILES string of the molecule is C[C@@H]1CN(C(=O)c2cccc(OCC(F)F)n2)C[C@H](C)S1. The van der Waals surface area contributed by atoms with Crippen molar-refractivity contribution in [2.45, 2.75) is 30.8 Å². The molecule has 0 unspecified atom stereocenters. The fraction of sp³-hybridized carbons (Fsp3) is 0.571. The van der Waals surface area contributed by atoms with Gasteiger partial charge in [0.25, 0.3) is 12.3 Å². The van der Waals surface area contributed by atoms with Gasteiger partial charge in [-0.1, -0.05) is 19.9 Å². The van der Waals surface area contributed by atoms with Gasteiger partial charge in [0.15, 0.2) is 6.61 Å². The average Bonchev–Trinajstić information content (AvgIpc) is 2.43. The van der Waals surface area contributed by atoms with Gasteiger partial charge in [0.1, 0.15) is 5.69 Å². The van der Waals surface area contributed by atoms with Gasteiger partial charge in [-0.15, -0.1) is 0 Å². The van der Waals surface area contributed by atoms with Gasteiger partial charge in [0, 0.05) is 29.7 Å². The predicted molar refractivity (Wildman–Crippen MR) is 78.2 cm³/mol. The zero-order chi connectivity index (χ0) is 15.4. The Bertz CT molecular complexity index is 492. The summed E-state index contributed by atoms with van der Waals surface area (Å²) in [4.78, 5) is 18.2. The highest BCUT2D eigenvalue weighted by Gasteiger charge is 2.27. The van der Waals surface area contributed by atoms with E-state index in [1.165, 1.54) is 6.07 Å². The van der Waals surface area contributed by atoms with Gasteiger partial charge in [-0.25, -0.2) is 13.8 Å². The Balaban J connectivity index is 2.06. The summed E-state index contributed by atoms with van der Waals surface area (Å²) >= 11 is 1.85. The van der Waals surface area contributed by atoms with E-state index in [0.29, 0.717) is 23.6 Å². The van der Waals surface area contributed by atoms with E-state index in [1.54, 1.807) is 17.0 Å². The van der Waals surface area contributed by atoms with Gasteiger partial charge in [0.05, 0.1) is 0 Å². The van der Waals surface area contributed by atoms with Crippen molar-refractivity contribution in [2.24, 2.45) is 0 Å². The predicted octanol–water partition coefficient (Wildman–Crippen LogP) is 2.69. The largest absolute Gasteiger partial charge is 0.472 e. The van der Waals surface area contributed by atoms with Gasteiger partial charge >= 0.3 is 0 Å². The number of amides is 1. The van der Waals surface area contributed by atoms with E-state index in [4.69, 9.17) is 4.74 Å². The van der Waals surface area contributed by atoms with Crippen LogP contribution >= 0.6 is 11.8 Å². The summed E-state index contributed by atoms with van der Waals surface area (Å²) in [5.41, 5.74) is 0.230. The molecule has 1 amide bonds. The van der Waals surface area contributed by atoms with E-state index in [-0.39, 0.29) is 17.5 Å². The molecule has 2 heterocycles. The molecule has 0 saturated carbocycles. The third-order valence-corrected chi connectivity index (χ3v) is 4.23. The maximum atomic E-state index is 12.4. The summed E-state index contributed by atoms with van der Waals surface area (Å²) in [6, 6.07) is 4.64. The molecule has 0 radical (unpaired) electrons. The van der Waals surface area contributed by atoms with Gasteiger partial charge in [-0.3, -0.25) is 4.79 Å². The van der Waals surface area contributed by atoms with Crippen molar-refractivity contribution >= 4 is 17.7 Å². The van der Waals surface area contributed by atoms with E-state index in [0.717, 1.165) is 0 Å². The molecular formula is C14H18F2N2O2S. The Kier molecular flexibility index (Phi) is 5.39. The number of thioether (sulfide) groups is 1. The molecule has 0 N–H and O–H groups in total. The first kappa shape index (κ1) is 16.0. The Morgan fingerprint density at radius 1 is 1.43 bits per heavy atom. The van der Waals surface area contributed by atoms with Crippen LogP contribution in [0.2, 0.25) is 0 Å². The molecule has 2 rings (SSSR count). The second kappa shape index (κ2) is 7.06. The van der Waals surface area contributed by atoms with Crippen LogP contribution in [0.15, 0.2) is 18.2 Å². The van der Waals surface area contributed by atoms with Crippen molar-refractivity contribution in [3.05, 3.63) is 23.9 Å². The fourth-order valence-electron chi connectivity index (χ4n) is 2.27. The van der Waals surface area contributed by atoms with Crippen LogP contribution in [0.1, 0.15) is 24.3 Å². The summed E-state index contributed by atoms with van der Waals surface area (Å²) in [5, 5.41) is 0.743. The number of carbonyl (C=O) groups excluding carboxylic acids is 1. The zero-order valence-electron chi connectivity index (χ0n) is 12.0. The Morgan fingerprint density at radius 2 is 2.10 bits per heavy atom. The van der Waals surface area contributed by atoms with Crippen LogP contribution in [0.3, 0.4) is 0 Å². The number of hydrogen-bond acceptors (Lipinski definition) is 4. The number of ether oxygens (including phenoxy) is 1. The lowest BCUT2D eigenvalue weighted by molar-refractivity contribution is 0.0735. The van der Waals surface area contributed by atoms with E-state index >= 15 is 0 Å². The van der Waals surface area contributed by atoms with Crippen LogP contribution in [0.4, 0.5) is 8.78 Å². The molecule has 1 aromatic rings. The molecule has 4 nitrogen and oxygen atoms in total. The van der Waals surface area contributed by atoms with Crippen LogP contribution in [0.5, 0.6) is 5.88 Å². The molecule has 0 spiro atoms. The minimum absolute atomic E-state index is 0.0497. The summed E-state index contributed by atoms with van der Waals surface area (Å²) in [6.07, 6.45) is -2.56. The Morgan fingerprint density at radius 3 is 2.71 bits per heavy atom. The zero-order valence-corrected chi connectivity index (χ0v) is 12.8. The van der Waals surface area contributed by atoms with Crippen LogP contribution in [0, 0.1) is 0 Å². The number of hydrogen-bond donors (Lipinski definition) is 0. The molecular weight excluding hydrogens is 298 g/mol. The summed E-state index contributed by atoms with van der Waals surface area (Å²) in [7, 11) is 0. The van der Waals surface area contributed by atoms with E-state index < -0.39 is 13.0 Å². The van der Waals surface area contributed by atoms with Crippen molar-refractivity contribution in [2.75, 3.05) is 19.7 Å². The van der Waals surface area contributed by atoms with E-state index in [2.05, 4.69) is 18.8 Å². The minimum Gasteiger partial charge on any atom is -0.472 e. The number of rotatable bonds is 4. The number of pyridine rings is 1. The molecule has 0 aromatic carbocycles. The molecule has 1 aliphatic rings. The number of alkyl halides is 2. The Labute approximate surface area is 126 Å². The monoisotopic (exact) mass is 316 g/mol. The van der Waals surface area contributed by atoms with Gasteiger partial charge < -0.3 is 9.64 Å². The summed E-state index contributed by atoms with van der Waals surface area (Å²) in [6.45, 7) is 4.76. The second-order valence-electron chi connectivity index (χ2n) is 5.03. The van der Waals surface area contributed by atoms with Gasteiger partial charge in [0.2, 0.25) is 5.88 Å². The molecule has 0 aliphatic carbocycles. The quantitative estimate of drug-likeness (QED) is 0.856. The molecule has 7 heteroatoms. The fourth-order valence-corrected chi connectivity index (χ4v) is 3.59. The molecule has 21 heavy (non-hydrogen) atoms. The van der Waals surface area contributed by atoms with Gasteiger partial charge in [-0.05, 0) is 6.07 Å². The van der Waals surface area contributed by atoms with Crippen LogP contribution in [0.25, 0.3) is 0 Å². The first-order chi connectivity index (χ1) is 9.95. The van der Waals surface area contributed by atoms with Crippen LogP contribution in [-0.2, 0) is 0 Å². The summed E-state index contributed by atoms with van der Waals surface area (Å²) in [5.74, 6) is -0.134. The maximum Gasteiger partial charge on any atom is 0.272 e. The van der Waals surface area contributed by atoms with Crippen molar-refractivity contribution in [3.8, 4) is 5.88 Å². The van der Waals surface area contributed by atoms with Crippen molar-refractivity contribution in [3.63, 3.8) is 0 Å². The van der Waals surface area contributed by atoms with E-state index in [9.17, 15) is 13.6 Å². The lowest BCUT2D eigenvalue weighted by Crippen LogP contribution is -2.44. The minimum atomic E-state index is -2.56. The third-order valence-electron chi connectivity index (χ3n) is 3.01. The van der Waals surface area contributed by atoms with E-state index in [1.807, 2.05) is 11.8 Å². The molecule has 1 aliphatic heterocycles. The third kappa shape index (κ3) is 4.56. The molecule has 2 atom stereocenters. The smallest absolute Gasteiger partial charge is 0.272 e. The molecule has 1 saturated heterocycles. The number of carbonyl (C=O) groups is 1. The van der Waals surface area contributed by atoms with Crippen molar-refractivity contribution < 1.29 is 18.3 Å². The lowest BCUT2D eigenvalue weighted by Gasteiger charge is -2.34. The second-order valence-corrected chi connectivity index (χ2v) is 6.91. The number of aromatic nitrogens is 1. The molecule has 0 bridgehead atoms. The average molecular weight is 316 g/mol. The normalized spacial score (nSPS) is 22.4. The molecule has 1 aromatic heterocycles. The maximum absolute atomic E-state index is 12.4. The topological polar surface area (TPSA) is 42.4 Å². The standard InChI is InChI=1S/C14H18F2N2O2S/c1-9-6-18(7-10(2)21-9)14(19)11-4-3-5-13(17-11)20-8-12(15)16/h3-5,9-10,12H,6-8H2,1-2H3/t9-,10+. The highest BCUT2D eigenvalue weighted by Crippen LogP contribution is 2.25.